The SMILES string of the molecule is CC(C)c1ccc(CCNC(=O)CSc2nnc(COc3ccccc3Cl)n2C2CC2)cc1. The maximum Gasteiger partial charge on any atom is 0.230 e. The monoisotopic (exact) mass is 484 g/mol. The van der Waals surface area contributed by atoms with Gasteiger partial charge >= 0.3 is 0 Å². The first-order chi connectivity index (χ1) is 16.0. The Morgan fingerprint density at radius 2 is 1.94 bits per heavy atom. The summed E-state index contributed by atoms with van der Waals surface area (Å²) in [6, 6.07) is 16.4. The van der Waals surface area contributed by atoms with Gasteiger partial charge in [-0.15, -0.1) is 10.2 Å². The van der Waals surface area contributed by atoms with Crippen LogP contribution in [-0.4, -0.2) is 33.0 Å². The van der Waals surface area contributed by atoms with Crippen molar-refractivity contribution in [2.75, 3.05) is 12.3 Å². The highest BCUT2D eigenvalue weighted by Crippen LogP contribution is 2.39. The van der Waals surface area contributed by atoms with E-state index in [4.69, 9.17) is 16.3 Å². The Balaban J connectivity index is 1.26. The van der Waals surface area contributed by atoms with Gasteiger partial charge in [0, 0.05) is 12.6 Å². The van der Waals surface area contributed by atoms with Crippen molar-refractivity contribution in [2.24, 2.45) is 0 Å². The van der Waals surface area contributed by atoms with Crippen molar-refractivity contribution in [1.82, 2.24) is 20.1 Å². The van der Waals surface area contributed by atoms with E-state index in [1.165, 1.54) is 22.9 Å². The molecule has 174 valence electrons. The lowest BCUT2D eigenvalue weighted by Gasteiger charge is -2.11. The summed E-state index contributed by atoms with van der Waals surface area (Å²) < 4.78 is 7.95. The number of rotatable bonds is 11. The first kappa shape index (κ1) is 23.6. The maximum absolute atomic E-state index is 12.4. The highest BCUT2D eigenvalue weighted by atomic mass is 35.5. The van der Waals surface area contributed by atoms with Crippen LogP contribution in [0.3, 0.4) is 0 Å². The molecule has 2 aromatic carbocycles. The summed E-state index contributed by atoms with van der Waals surface area (Å²) >= 11 is 7.59. The molecule has 0 saturated heterocycles. The molecule has 1 fully saturated rings. The van der Waals surface area contributed by atoms with Crippen molar-refractivity contribution < 1.29 is 9.53 Å². The number of carbonyl (C=O) groups is 1. The van der Waals surface area contributed by atoms with Crippen LogP contribution in [0.25, 0.3) is 0 Å². The number of amides is 1. The van der Waals surface area contributed by atoms with Crippen LogP contribution in [0, 0.1) is 0 Å². The molecule has 1 aliphatic carbocycles. The number of para-hydroxylation sites is 1. The van der Waals surface area contributed by atoms with Crippen molar-refractivity contribution >= 4 is 29.3 Å². The van der Waals surface area contributed by atoms with E-state index < -0.39 is 0 Å². The number of hydrogen-bond donors (Lipinski definition) is 1. The predicted octanol–water partition coefficient (Wildman–Crippen LogP) is 5.42. The molecule has 0 spiro atoms. The zero-order valence-corrected chi connectivity index (χ0v) is 20.5. The van der Waals surface area contributed by atoms with E-state index >= 15 is 0 Å². The quantitative estimate of drug-likeness (QED) is 0.368. The van der Waals surface area contributed by atoms with Crippen LogP contribution < -0.4 is 10.1 Å². The fraction of sp³-hybridized carbons (Fsp3) is 0.400. The van der Waals surface area contributed by atoms with Gasteiger partial charge in [0.1, 0.15) is 12.4 Å². The minimum absolute atomic E-state index is 0.00184. The normalized spacial score (nSPS) is 13.3. The van der Waals surface area contributed by atoms with E-state index in [-0.39, 0.29) is 12.5 Å². The van der Waals surface area contributed by atoms with Gasteiger partial charge in [-0.2, -0.15) is 0 Å². The number of benzene rings is 2. The van der Waals surface area contributed by atoms with Gasteiger partial charge in [0.05, 0.1) is 10.8 Å². The molecule has 1 amide bonds. The Kier molecular flexibility index (Phi) is 7.93. The van der Waals surface area contributed by atoms with E-state index in [0.717, 1.165) is 30.2 Å². The summed E-state index contributed by atoms with van der Waals surface area (Å²) in [5.41, 5.74) is 2.56. The number of ether oxygens (including phenoxy) is 1. The summed E-state index contributed by atoms with van der Waals surface area (Å²) in [5, 5.41) is 13.0. The lowest BCUT2D eigenvalue weighted by Crippen LogP contribution is -2.27. The molecule has 0 bridgehead atoms. The predicted molar refractivity (Wildman–Crippen MR) is 132 cm³/mol. The van der Waals surface area contributed by atoms with Crippen molar-refractivity contribution in [3.05, 3.63) is 70.5 Å². The lowest BCUT2D eigenvalue weighted by molar-refractivity contribution is -0.118. The Labute approximate surface area is 204 Å². The largest absolute Gasteiger partial charge is 0.484 e. The fourth-order valence-electron chi connectivity index (χ4n) is 3.50. The molecule has 8 heteroatoms. The van der Waals surface area contributed by atoms with E-state index in [2.05, 4.69) is 58.2 Å². The van der Waals surface area contributed by atoms with Crippen LogP contribution in [-0.2, 0) is 17.8 Å². The van der Waals surface area contributed by atoms with Crippen molar-refractivity contribution in [3.8, 4) is 5.75 Å². The number of halogens is 1. The molecule has 0 radical (unpaired) electrons. The van der Waals surface area contributed by atoms with Crippen LogP contribution in [0.15, 0.2) is 53.7 Å². The van der Waals surface area contributed by atoms with Crippen LogP contribution in [0.5, 0.6) is 5.75 Å². The summed E-state index contributed by atoms with van der Waals surface area (Å²) in [7, 11) is 0. The Morgan fingerprint density at radius 1 is 1.18 bits per heavy atom. The molecule has 1 aromatic heterocycles. The zero-order valence-electron chi connectivity index (χ0n) is 19.0. The Hall–Kier alpha value is -2.51. The lowest BCUT2D eigenvalue weighted by atomic mass is 10.0. The molecule has 3 aromatic rings. The van der Waals surface area contributed by atoms with Gasteiger partial charge in [-0.1, -0.05) is 73.6 Å². The van der Waals surface area contributed by atoms with Gasteiger partial charge in [-0.25, -0.2) is 0 Å². The second kappa shape index (κ2) is 11.1. The molecule has 0 atom stereocenters. The first-order valence-electron chi connectivity index (χ1n) is 11.3. The zero-order chi connectivity index (χ0) is 23.2. The van der Waals surface area contributed by atoms with Gasteiger partial charge < -0.3 is 10.1 Å². The van der Waals surface area contributed by atoms with E-state index in [1.807, 2.05) is 18.2 Å². The molecule has 0 unspecified atom stereocenters. The second-order valence-corrected chi connectivity index (χ2v) is 9.85. The smallest absolute Gasteiger partial charge is 0.230 e. The van der Waals surface area contributed by atoms with Gasteiger partial charge in [0.2, 0.25) is 5.91 Å². The van der Waals surface area contributed by atoms with Gasteiger partial charge in [-0.3, -0.25) is 9.36 Å². The fourth-order valence-corrected chi connectivity index (χ4v) is 4.55. The molecule has 33 heavy (non-hydrogen) atoms. The Morgan fingerprint density at radius 3 is 2.64 bits per heavy atom. The Bertz CT molecular complexity index is 1080. The highest BCUT2D eigenvalue weighted by Gasteiger charge is 2.30. The molecule has 0 aliphatic heterocycles. The molecule has 1 saturated carbocycles. The average Bonchev–Trinajstić information content (AvgIpc) is 3.57. The third-order valence-corrected chi connectivity index (χ3v) is 6.81. The molecular weight excluding hydrogens is 456 g/mol. The van der Waals surface area contributed by atoms with Gasteiger partial charge in [-0.05, 0) is 48.4 Å². The van der Waals surface area contributed by atoms with Crippen LogP contribution in [0.2, 0.25) is 5.02 Å². The standard InChI is InChI=1S/C25H29ClN4O2S/c1-17(2)19-9-7-18(8-10-19)13-14-27-24(31)16-33-25-29-28-23(30(25)20-11-12-20)15-32-22-6-4-3-5-21(22)26/h3-10,17,20H,11-16H2,1-2H3,(H,27,31). The van der Waals surface area contributed by atoms with Crippen LogP contribution >= 0.6 is 23.4 Å². The minimum atomic E-state index is -0.00184. The third-order valence-electron chi connectivity index (χ3n) is 5.56. The number of nitrogens with one attached hydrogen (secondary N) is 1. The first-order valence-corrected chi connectivity index (χ1v) is 12.7. The van der Waals surface area contributed by atoms with Gasteiger partial charge in [0.25, 0.3) is 0 Å². The summed E-state index contributed by atoms with van der Waals surface area (Å²) in [4.78, 5) is 12.4. The third kappa shape index (κ3) is 6.51. The number of nitrogens with zero attached hydrogens (tertiary/aromatic N) is 3. The van der Waals surface area contributed by atoms with Gasteiger partial charge in [0.15, 0.2) is 11.0 Å². The number of hydrogen-bond acceptors (Lipinski definition) is 5. The van der Waals surface area contributed by atoms with Crippen molar-refractivity contribution in [2.45, 2.75) is 56.8 Å². The number of aromatic nitrogens is 3. The molecule has 4 rings (SSSR count). The molecule has 1 N–H and O–H groups in total. The molecule has 1 heterocycles. The average molecular weight is 485 g/mol. The summed E-state index contributed by atoms with van der Waals surface area (Å²) in [6.07, 6.45) is 3.00. The molecule has 6 nitrogen and oxygen atoms in total. The van der Waals surface area contributed by atoms with Crippen LogP contribution in [0.4, 0.5) is 0 Å². The minimum Gasteiger partial charge on any atom is -0.484 e. The molecule has 1 aliphatic rings. The van der Waals surface area contributed by atoms with Crippen LogP contribution in [0.1, 0.15) is 55.6 Å². The van der Waals surface area contributed by atoms with Crippen molar-refractivity contribution in [3.63, 3.8) is 0 Å². The summed E-state index contributed by atoms with van der Waals surface area (Å²) in [6.45, 7) is 5.28. The number of thioether (sulfide) groups is 1. The maximum atomic E-state index is 12.4. The number of carbonyl (C=O) groups excluding carboxylic acids is 1. The topological polar surface area (TPSA) is 69.0 Å². The van der Waals surface area contributed by atoms with E-state index in [0.29, 0.717) is 35.0 Å². The van der Waals surface area contributed by atoms with Crippen molar-refractivity contribution in [1.29, 1.82) is 0 Å². The highest BCUT2D eigenvalue weighted by molar-refractivity contribution is 7.99. The molecular formula is C25H29ClN4O2S. The van der Waals surface area contributed by atoms with E-state index in [1.54, 1.807) is 6.07 Å². The second-order valence-electron chi connectivity index (χ2n) is 8.50. The summed E-state index contributed by atoms with van der Waals surface area (Å²) in [5.74, 6) is 2.21. The van der Waals surface area contributed by atoms with E-state index in [9.17, 15) is 4.79 Å².